The van der Waals surface area contributed by atoms with Gasteiger partial charge < -0.3 is 4.90 Å². The second-order valence-corrected chi connectivity index (χ2v) is 9.48. The number of Topliss-reactive ketones (excluding diaryl/α,β-unsaturated/α-hetero) is 2. The summed E-state index contributed by atoms with van der Waals surface area (Å²) in [5.74, 6) is -1.57. The molecule has 0 radical (unpaired) electrons. The number of nitrogens with zero attached hydrogens (tertiary/aromatic N) is 3. The average molecular weight is 458 g/mol. The van der Waals surface area contributed by atoms with Crippen LogP contribution >= 0.6 is 0 Å². The minimum Gasteiger partial charge on any atom is -0.336 e. The molecule has 1 saturated carbocycles. The molecule has 5 rings (SSSR count). The van der Waals surface area contributed by atoms with Gasteiger partial charge in [-0.05, 0) is 66.9 Å². The fourth-order valence-electron chi connectivity index (χ4n) is 5.41. The zero-order valence-corrected chi connectivity index (χ0v) is 19.0. The molecule has 0 atom stereocenters. The van der Waals surface area contributed by atoms with E-state index in [1.807, 2.05) is 26.0 Å². The summed E-state index contributed by atoms with van der Waals surface area (Å²) in [5.41, 5.74) is 3.76. The van der Waals surface area contributed by atoms with Gasteiger partial charge in [-0.2, -0.15) is 0 Å². The predicted octanol–water partition coefficient (Wildman–Crippen LogP) is 4.06. The molecule has 2 fully saturated rings. The highest BCUT2D eigenvalue weighted by molar-refractivity contribution is 6.11. The molecule has 2 aromatic heterocycles. The number of aromatic nitrogens is 2. The van der Waals surface area contributed by atoms with Crippen molar-refractivity contribution in [1.29, 1.82) is 0 Å². The first kappa shape index (κ1) is 22.1. The molecule has 1 spiro atoms. The number of ketones is 2. The molecule has 34 heavy (non-hydrogen) atoms. The summed E-state index contributed by atoms with van der Waals surface area (Å²) in [7, 11) is 0. The zero-order valence-electron chi connectivity index (χ0n) is 19.0. The Morgan fingerprint density at radius 2 is 1.68 bits per heavy atom. The Kier molecular flexibility index (Phi) is 5.35. The molecule has 6 nitrogen and oxygen atoms in total. The SMILES string of the molecule is Cc1cc(-c2ccc(F)cn2)cc(C)c1C1C(=O)CC2(CC1=O)CN(C(=O)c1ccccn1)C2. The molecule has 1 amide bonds. The topological polar surface area (TPSA) is 80.2 Å². The number of pyridine rings is 2. The van der Waals surface area contributed by atoms with Crippen LogP contribution in [0.5, 0.6) is 0 Å². The third-order valence-electron chi connectivity index (χ3n) is 6.87. The maximum atomic E-state index is 13.3. The summed E-state index contributed by atoms with van der Waals surface area (Å²) >= 11 is 0. The maximum Gasteiger partial charge on any atom is 0.272 e. The van der Waals surface area contributed by atoms with Gasteiger partial charge in [-0.1, -0.05) is 6.07 Å². The Bertz CT molecular complexity index is 1260. The molecule has 3 heterocycles. The summed E-state index contributed by atoms with van der Waals surface area (Å²) < 4.78 is 13.2. The van der Waals surface area contributed by atoms with Crippen LogP contribution in [0.1, 0.15) is 45.9 Å². The van der Waals surface area contributed by atoms with E-state index in [2.05, 4.69) is 9.97 Å². The number of carbonyl (C=O) groups is 3. The molecule has 7 heteroatoms. The number of rotatable bonds is 3. The third kappa shape index (κ3) is 3.81. The van der Waals surface area contributed by atoms with Gasteiger partial charge in [-0.3, -0.25) is 24.4 Å². The average Bonchev–Trinajstić information content (AvgIpc) is 2.79. The summed E-state index contributed by atoms with van der Waals surface area (Å²) in [4.78, 5) is 49.1. The van der Waals surface area contributed by atoms with Crippen LogP contribution < -0.4 is 0 Å². The fourth-order valence-corrected chi connectivity index (χ4v) is 5.41. The van der Waals surface area contributed by atoms with Crippen LogP contribution in [-0.4, -0.2) is 45.4 Å². The molecule has 0 unspecified atom stereocenters. The lowest BCUT2D eigenvalue weighted by Gasteiger charge is -2.52. The van der Waals surface area contributed by atoms with E-state index in [1.165, 1.54) is 12.3 Å². The standard InChI is InChI=1S/C27H24FN3O3/c1-16-9-18(20-7-6-19(28)13-30-20)10-17(2)24(16)25-22(32)11-27(12-23(25)33)14-31(15-27)26(34)21-5-3-4-8-29-21/h3-10,13,25H,11-12,14-15H2,1-2H3. The van der Waals surface area contributed by atoms with Gasteiger partial charge in [-0.15, -0.1) is 0 Å². The monoisotopic (exact) mass is 457 g/mol. The van der Waals surface area contributed by atoms with Crippen molar-refractivity contribution in [2.75, 3.05) is 13.1 Å². The van der Waals surface area contributed by atoms with Crippen LogP contribution in [-0.2, 0) is 9.59 Å². The first-order valence-electron chi connectivity index (χ1n) is 11.3. The van der Waals surface area contributed by atoms with E-state index < -0.39 is 17.2 Å². The molecular weight excluding hydrogens is 433 g/mol. The fraction of sp³-hybridized carbons (Fsp3) is 0.296. The van der Waals surface area contributed by atoms with Crippen LogP contribution in [0, 0.1) is 25.1 Å². The number of halogens is 1. The number of likely N-dealkylation sites (tertiary alicyclic amines) is 1. The highest BCUT2D eigenvalue weighted by atomic mass is 19.1. The van der Waals surface area contributed by atoms with Crippen molar-refractivity contribution in [3.05, 3.63) is 83.1 Å². The Morgan fingerprint density at radius 1 is 1.00 bits per heavy atom. The van der Waals surface area contributed by atoms with Crippen LogP contribution in [0.2, 0.25) is 0 Å². The third-order valence-corrected chi connectivity index (χ3v) is 6.87. The second-order valence-electron chi connectivity index (χ2n) is 9.48. The van der Waals surface area contributed by atoms with E-state index in [9.17, 15) is 18.8 Å². The first-order chi connectivity index (χ1) is 16.3. The Morgan fingerprint density at radius 3 is 2.24 bits per heavy atom. The first-order valence-corrected chi connectivity index (χ1v) is 11.3. The van der Waals surface area contributed by atoms with Crippen molar-refractivity contribution in [1.82, 2.24) is 14.9 Å². The second kappa shape index (κ2) is 8.24. The Hall–Kier alpha value is -3.74. The van der Waals surface area contributed by atoms with Gasteiger partial charge in [-0.25, -0.2) is 4.39 Å². The zero-order chi connectivity index (χ0) is 24.0. The van der Waals surface area contributed by atoms with Crippen LogP contribution in [0.15, 0.2) is 54.9 Å². The number of amides is 1. The normalized spacial score (nSPS) is 17.7. The van der Waals surface area contributed by atoms with E-state index in [1.54, 1.807) is 35.4 Å². The minimum absolute atomic E-state index is 0.0972. The van der Waals surface area contributed by atoms with Gasteiger partial charge in [0.1, 0.15) is 29.0 Å². The predicted molar refractivity (Wildman–Crippen MR) is 124 cm³/mol. The van der Waals surface area contributed by atoms with Crippen LogP contribution in [0.3, 0.4) is 0 Å². The van der Waals surface area contributed by atoms with Crippen molar-refractivity contribution < 1.29 is 18.8 Å². The van der Waals surface area contributed by atoms with Crippen LogP contribution in [0.25, 0.3) is 11.3 Å². The van der Waals surface area contributed by atoms with Gasteiger partial charge in [0, 0.05) is 43.1 Å². The molecule has 1 aromatic carbocycles. The molecule has 1 aliphatic heterocycles. The lowest BCUT2D eigenvalue weighted by Crippen LogP contribution is -2.62. The highest BCUT2D eigenvalue weighted by Crippen LogP contribution is 2.46. The van der Waals surface area contributed by atoms with E-state index in [4.69, 9.17) is 0 Å². The highest BCUT2D eigenvalue weighted by Gasteiger charge is 2.53. The summed E-state index contributed by atoms with van der Waals surface area (Å²) in [6.07, 6.45) is 3.29. The van der Waals surface area contributed by atoms with Gasteiger partial charge in [0.15, 0.2) is 0 Å². The molecule has 172 valence electrons. The lowest BCUT2D eigenvalue weighted by atomic mass is 9.63. The van der Waals surface area contributed by atoms with Gasteiger partial charge in [0.25, 0.3) is 5.91 Å². The van der Waals surface area contributed by atoms with Crippen molar-refractivity contribution in [3.8, 4) is 11.3 Å². The Labute approximate surface area is 196 Å². The molecule has 2 aliphatic rings. The van der Waals surface area contributed by atoms with Gasteiger partial charge >= 0.3 is 0 Å². The molecule has 3 aromatic rings. The van der Waals surface area contributed by atoms with E-state index in [-0.39, 0.29) is 30.3 Å². The van der Waals surface area contributed by atoms with E-state index >= 15 is 0 Å². The largest absolute Gasteiger partial charge is 0.336 e. The van der Waals surface area contributed by atoms with Crippen molar-refractivity contribution in [2.24, 2.45) is 5.41 Å². The van der Waals surface area contributed by atoms with Gasteiger partial charge in [0.05, 0.1) is 11.9 Å². The summed E-state index contributed by atoms with van der Waals surface area (Å²) in [5, 5.41) is 0. The Balaban J connectivity index is 1.34. The molecule has 1 saturated heterocycles. The minimum atomic E-state index is -0.790. The van der Waals surface area contributed by atoms with Crippen molar-refractivity contribution in [2.45, 2.75) is 32.6 Å². The summed E-state index contributed by atoms with van der Waals surface area (Å²) in [6, 6.07) is 11.9. The van der Waals surface area contributed by atoms with Crippen LogP contribution in [0.4, 0.5) is 4.39 Å². The van der Waals surface area contributed by atoms with E-state index in [0.29, 0.717) is 24.5 Å². The summed E-state index contributed by atoms with van der Waals surface area (Å²) in [6.45, 7) is 4.55. The smallest absolute Gasteiger partial charge is 0.272 e. The molecule has 1 aliphatic carbocycles. The lowest BCUT2D eigenvalue weighted by molar-refractivity contribution is -0.141. The van der Waals surface area contributed by atoms with Gasteiger partial charge in [0.2, 0.25) is 0 Å². The number of hydrogen-bond donors (Lipinski definition) is 0. The molecule has 0 N–H and O–H groups in total. The quantitative estimate of drug-likeness (QED) is 0.554. The number of aryl methyl sites for hydroxylation is 2. The molecule has 0 bridgehead atoms. The number of carbonyl (C=O) groups excluding carboxylic acids is 3. The van der Waals surface area contributed by atoms with Crippen molar-refractivity contribution in [3.63, 3.8) is 0 Å². The number of hydrogen-bond acceptors (Lipinski definition) is 5. The van der Waals surface area contributed by atoms with Crippen molar-refractivity contribution >= 4 is 17.5 Å². The number of benzene rings is 1. The maximum absolute atomic E-state index is 13.3. The molecular formula is C27H24FN3O3. The van der Waals surface area contributed by atoms with E-state index in [0.717, 1.165) is 22.3 Å².